The molecule has 1 atom stereocenters. The fraction of sp³-hybridized carbons (Fsp3) is 0.478. The van der Waals surface area contributed by atoms with Crippen molar-refractivity contribution in [2.24, 2.45) is 5.92 Å². The van der Waals surface area contributed by atoms with Gasteiger partial charge in [0.05, 0.1) is 10.7 Å². The van der Waals surface area contributed by atoms with E-state index < -0.39 is 0 Å². The number of carbonyl (C=O) groups is 1. The smallest absolute Gasteiger partial charge is 0.243 e. The van der Waals surface area contributed by atoms with Gasteiger partial charge < -0.3 is 15.0 Å². The quantitative estimate of drug-likeness (QED) is 0.492. The van der Waals surface area contributed by atoms with Crippen molar-refractivity contribution in [3.8, 4) is 5.75 Å². The third-order valence-corrected chi connectivity index (χ3v) is 5.87. The third-order valence-electron chi connectivity index (χ3n) is 5.05. The highest BCUT2D eigenvalue weighted by Crippen LogP contribution is 2.17. The van der Waals surface area contributed by atoms with E-state index >= 15 is 0 Å². The van der Waals surface area contributed by atoms with Crippen LogP contribution in [-0.4, -0.2) is 42.0 Å². The monoisotopic (exact) mass is 413 g/mol. The van der Waals surface area contributed by atoms with E-state index in [4.69, 9.17) is 4.74 Å². The summed E-state index contributed by atoms with van der Waals surface area (Å²) in [5, 5.41) is 6.03. The number of nitrogens with zero attached hydrogens (tertiary/aromatic N) is 2. The largest absolute Gasteiger partial charge is 0.487 e. The minimum atomic E-state index is -0.0451. The number of nitrogens with one attached hydrogen (secondary N) is 1. The fourth-order valence-corrected chi connectivity index (χ4v) is 4.14. The standard InChI is InChI=1S/C23H31N3O2S/c1-18-5-3-13-26(15-18)14-4-12-24-23(27)11-8-20-6-9-22(10-7-20)28-16-21-17-29-19(2)25-21/h6-11,17-18H,3-5,12-16H2,1-2H3,(H,24,27)/b11-8+. The SMILES string of the molecule is Cc1nc(COc2ccc(/C=C/C(=O)NCCCN3CCCC(C)C3)cc2)cs1. The van der Waals surface area contributed by atoms with Crippen molar-refractivity contribution < 1.29 is 9.53 Å². The molecule has 0 bridgehead atoms. The van der Waals surface area contributed by atoms with E-state index in [-0.39, 0.29) is 5.91 Å². The lowest BCUT2D eigenvalue weighted by molar-refractivity contribution is -0.116. The molecule has 3 rings (SSSR count). The molecule has 0 radical (unpaired) electrons. The number of carbonyl (C=O) groups excluding carboxylic acids is 1. The Bertz CT molecular complexity index is 801. The number of likely N-dealkylation sites (tertiary alicyclic amines) is 1. The van der Waals surface area contributed by atoms with Gasteiger partial charge in [0.15, 0.2) is 0 Å². The van der Waals surface area contributed by atoms with Crippen molar-refractivity contribution in [2.75, 3.05) is 26.2 Å². The van der Waals surface area contributed by atoms with Gasteiger partial charge in [-0.3, -0.25) is 4.79 Å². The molecule has 0 aliphatic carbocycles. The van der Waals surface area contributed by atoms with Crippen molar-refractivity contribution in [1.29, 1.82) is 0 Å². The number of hydrogen-bond acceptors (Lipinski definition) is 5. The van der Waals surface area contributed by atoms with Crippen LogP contribution in [0.1, 0.15) is 42.5 Å². The van der Waals surface area contributed by atoms with E-state index in [1.807, 2.05) is 42.6 Å². The first-order valence-corrected chi connectivity index (χ1v) is 11.3. The number of aryl methyl sites for hydroxylation is 1. The van der Waals surface area contributed by atoms with Gasteiger partial charge in [0.25, 0.3) is 0 Å². The summed E-state index contributed by atoms with van der Waals surface area (Å²) >= 11 is 1.62. The van der Waals surface area contributed by atoms with E-state index in [0.717, 1.165) is 47.4 Å². The number of rotatable bonds is 9. The van der Waals surface area contributed by atoms with Crippen LogP contribution in [0.2, 0.25) is 0 Å². The molecule has 1 aliphatic rings. The van der Waals surface area contributed by atoms with Crippen LogP contribution in [-0.2, 0) is 11.4 Å². The number of amides is 1. The Morgan fingerprint density at radius 3 is 2.93 bits per heavy atom. The molecule has 5 nitrogen and oxygen atoms in total. The first-order chi connectivity index (χ1) is 14.1. The van der Waals surface area contributed by atoms with Crippen LogP contribution in [0, 0.1) is 12.8 Å². The van der Waals surface area contributed by atoms with E-state index in [1.54, 1.807) is 17.4 Å². The van der Waals surface area contributed by atoms with Crippen LogP contribution in [0.3, 0.4) is 0 Å². The molecule has 156 valence electrons. The molecule has 1 saturated heterocycles. The Kier molecular flexibility index (Phi) is 8.25. The molecule has 0 spiro atoms. The summed E-state index contributed by atoms with van der Waals surface area (Å²) in [7, 11) is 0. The normalized spacial score (nSPS) is 17.5. The van der Waals surface area contributed by atoms with Gasteiger partial charge in [-0.2, -0.15) is 0 Å². The van der Waals surface area contributed by atoms with Crippen LogP contribution >= 0.6 is 11.3 Å². The summed E-state index contributed by atoms with van der Waals surface area (Å²) in [5.74, 6) is 1.55. The first-order valence-electron chi connectivity index (χ1n) is 10.4. The Morgan fingerprint density at radius 1 is 1.38 bits per heavy atom. The highest BCUT2D eigenvalue weighted by atomic mass is 32.1. The summed E-state index contributed by atoms with van der Waals surface area (Å²) in [6, 6.07) is 7.72. The van der Waals surface area contributed by atoms with Crippen molar-refractivity contribution in [2.45, 2.75) is 39.7 Å². The molecule has 1 amide bonds. The van der Waals surface area contributed by atoms with Gasteiger partial charge in [0, 0.05) is 24.5 Å². The average molecular weight is 414 g/mol. The molecule has 6 heteroatoms. The van der Waals surface area contributed by atoms with Crippen LogP contribution < -0.4 is 10.1 Å². The van der Waals surface area contributed by atoms with Gasteiger partial charge in [0.2, 0.25) is 5.91 Å². The molecule has 1 N–H and O–H groups in total. The number of hydrogen-bond donors (Lipinski definition) is 1. The topological polar surface area (TPSA) is 54.5 Å². The molecule has 1 aromatic carbocycles. The van der Waals surface area contributed by atoms with Crippen LogP contribution in [0.25, 0.3) is 6.08 Å². The van der Waals surface area contributed by atoms with Gasteiger partial charge in [-0.05, 0) is 69.0 Å². The van der Waals surface area contributed by atoms with E-state index in [1.165, 1.54) is 25.9 Å². The summed E-state index contributed by atoms with van der Waals surface area (Å²) in [6.07, 6.45) is 7.06. The molecular formula is C23H31N3O2S. The highest BCUT2D eigenvalue weighted by molar-refractivity contribution is 7.09. The summed E-state index contributed by atoms with van der Waals surface area (Å²) < 4.78 is 5.74. The predicted molar refractivity (Wildman–Crippen MR) is 119 cm³/mol. The molecule has 1 unspecified atom stereocenters. The molecule has 2 aromatic rings. The molecular weight excluding hydrogens is 382 g/mol. The Morgan fingerprint density at radius 2 is 2.21 bits per heavy atom. The van der Waals surface area contributed by atoms with Crippen molar-refractivity contribution >= 4 is 23.3 Å². The Balaban J connectivity index is 1.33. The van der Waals surface area contributed by atoms with Crippen LogP contribution in [0.4, 0.5) is 0 Å². The van der Waals surface area contributed by atoms with Gasteiger partial charge >= 0.3 is 0 Å². The number of benzene rings is 1. The maximum atomic E-state index is 12.0. The minimum absolute atomic E-state index is 0.0451. The molecule has 29 heavy (non-hydrogen) atoms. The summed E-state index contributed by atoms with van der Waals surface area (Å²) in [5.41, 5.74) is 1.92. The lowest BCUT2D eigenvalue weighted by atomic mass is 10.0. The van der Waals surface area contributed by atoms with Gasteiger partial charge in [-0.15, -0.1) is 11.3 Å². The number of thiazole rings is 1. The van der Waals surface area contributed by atoms with E-state index in [0.29, 0.717) is 6.61 Å². The molecule has 1 aromatic heterocycles. The van der Waals surface area contributed by atoms with Crippen molar-refractivity contribution in [1.82, 2.24) is 15.2 Å². The van der Waals surface area contributed by atoms with E-state index in [9.17, 15) is 4.79 Å². The molecule has 1 aliphatic heterocycles. The van der Waals surface area contributed by atoms with Crippen molar-refractivity contribution in [3.63, 3.8) is 0 Å². The zero-order valence-corrected chi connectivity index (χ0v) is 18.2. The number of ether oxygens (including phenoxy) is 1. The van der Waals surface area contributed by atoms with Crippen LogP contribution in [0.5, 0.6) is 5.75 Å². The van der Waals surface area contributed by atoms with E-state index in [2.05, 4.69) is 22.1 Å². The number of piperidine rings is 1. The maximum absolute atomic E-state index is 12.0. The number of aromatic nitrogens is 1. The minimum Gasteiger partial charge on any atom is -0.487 e. The lowest BCUT2D eigenvalue weighted by Crippen LogP contribution is -2.36. The summed E-state index contributed by atoms with van der Waals surface area (Å²) in [6.45, 7) is 8.95. The molecule has 2 heterocycles. The van der Waals surface area contributed by atoms with Gasteiger partial charge in [-0.25, -0.2) is 4.98 Å². The van der Waals surface area contributed by atoms with Gasteiger partial charge in [-0.1, -0.05) is 19.1 Å². The first kappa shape index (κ1) is 21.5. The third kappa shape index (κ3) is 7.63. The second-order valence-electron chi connectivity index (χ2n) is 7.74. The molecule has 1 fully saturated rings. The lowest BCUT2D eigenvalue weighted by Gasteiger charge is -2.30. The maximum Gasteiger partial charge on any atom is 0.243 e. The second-order valence-corrected chi connectivity index (χ2v) is 8.80. The zero-order chi connectivity index (χ0) is 20.5. The second kappa shape index (κ2) is 11.1. The Labute approximate surface area is 177 Å². The predicted octanol–water partition coefficient (Wildman–Crippen LogP) is 4.28. The van der Waals surface area contributed by atoms with Crippen molar-refractivity contribution in [3.05, 3.63) is 52.0 Å². The zero-order valence-electron chi connectivity index (χ0n) is 17.4. The highest BCUT2D eigenvalue weighted by Gasteiger charge is 2.15. The average Bonchev–Trinajstić information content (AvgIpc) is 3.14. The summed E-state index contributed by atoms with van der Waals surface area (Å²) in [4.78, 5) is 18.9. The van der Waals surface area contributed by atoms with Gasteiger partial charge in [0.1, 0.15) is 12.4 Å². The fourth-order valence-electron chi connectivity index (χ4n) is 3.54. The Hall–Kier alpha value is -2.18. The molecule has 0 saturated carbocycles. The van der Waals surface area contributed by atoms with Crippen LogP contribution in [0.15, 0.2) is 35.7 Å².